The van der Waals surface area contributed by atoms with Crippen LogP contribution >= 0.6 is 0 Å². The van der Waals surface area contributed by atoms with Crippen molar-refractivity contribution < 1.29 is 14.7 Å². The summed E-state index contributed by atoms with van der Waals surface area (Å²) in [6.45, 7) is 0.827. The number of carbonyl (C=O) groups is 2. The van der Waals surface area contributed by atoms with E-state index < -0.39 is 11.9 Å². The van der Waals surface area contributed by atoms with E-state index in [9.17, 15) is 14.4 Å². The van der Waals surface area contributed by atoms with Crippen LogP contribution in [0.1, 0.15) is 6.42 Å². The van der Waals surface area contributed by atoms with Crippen molar-refractivity contribution in [2.45, 2.75) is 13.0 Å². The van der Waals surface area contributed by atoms with Gasteiger partial charge in [-0.15, -0.1) is 0 Å². The summed E-state index contributed by atoms with van der Waals surface area (Å²) >= 11 is 0. The van der Waals surface area contributed by atoms with Gasteiger partial charge in [0.2, 0.25) is 5.91 Å². The average Bonchev–Trinajstić information content (AvgIpc) is 3.01. The molecule has 1 aliphatic rings. The van der Waals surface area contributed by atoms with Gasteiger partial charge in [-0.05, 0) is 18.6 Å². The van der Waals surface area contributed by atoms with Crippen LogP contribution in [-0.4, -0.2) is 39.5 Å². The number of hydrogen-bond acceptors (Lipinski definition) is 3. The fourth-order valence-electron chi connectivity index (χ4n) is 2.83. The number of aromatic nitrogens is 1. The molecule has 0 aliphatic carbocycles. The Bertz CT molecular complexity index is 796. The number of amides is 1. The van der Waals surface area contributed by atoms with Gasteiger partial charge in [0.15, 0.2) is 5.43 Å². The molecule has 1 N–H and O–H groups in total. The molecule has 1 amide bonds. The maximum Gasteiger partial charge on any atom is 0.308 e. The van der Waals surface area contributed by atoms with Crippen molar-refractivity contribution >= 4 is 22.8 Å². The molecule has 0 radical (unpaired) electrons. The zero-order valence-corrected chi connectivity index (χ0v) is 11.9. The summed E-state index contributed by atoms with van der Waals surface area (Å²) in [5.74, 6) is -1.46. The normalized spacial score (nSPS) is 17.8. The fourth-order valence-corrected chi connectivity index (χ4v) is 2.83. The molecular formula is C16H16N2O4. The maximum absolute atomic E-state index is 12.3. The third-order valence-electron chi connectivity index (χ3n) is 4.08. The first-order valence-electron chi connectivity index (χ1n) is 7.15. The zero-order chi connectivity index (χ0) is 15.7. The number of carboxylic acid groups (broad SMARTS) is 1. The zero-order valence-electron chi connectivity index (χ0n) is 11.9. The van der Waals surface area contributed by atoms with E-state index in [0.717, 1.165) is 0 Å². The molecule has 1 saturated heterocycles. The van der Waals surface area contributed by atoms with Crippen LogP contribution < -0.4 is 5.43 Å². The van der Waals surface area contributed by atoms with Crippen LogP contribution in [0.3, 0.4) is 0 Å². The number of benzene rings is 1. The van der Waals surface area contributed by atoms with Gasteiger partial charge in [-0.2, -0.15) is 0 Å². The Labute approximate surface area is 126 Å². The van der Waals surface area contributed by atoms with Gasteiger partial charge in [-0.3, -0.25) is 14.4 Å². The molecule has 0 unspecified atom stereocenters. The molecule has 6 heteroatoms. The van der Waals surface area contributed by atoms with Crippen LogP contribution in [0.15, 0.2) is 41.3 Å². The smallest absolute Gasteiger partial charge is 0.308 e. The number of carboxylic acids is 1. The monoisotopic (exact) mass is 300 g/mol. The number of para-hydroxylation sites is 1. The third-order valence-corrected chi connectivity index (χ3v) is 4.08. The van der Waals surface area contributed by atoms with Gasteiger partial charge >= 0.3 is 5.97 Å². The molecule has 1 fully saturated rings. The van der Waals surface area contributed by atoms with E-state index in [0.29, 0.717) is 23.9 Å². The predicted molar refractivity (Wildman–Crippen MR) is 80.5 cm³/mol. The Balaban J connectivity index is 1.82. The van der Waals surface area contributed by atoms with Crippen molar-refractivity contribution in [3.63, 3.8) is 0 Å². The summed E-state index contributed by atoms with van der Waals surface area (Å²) in [4.78, 5) is 36.7. The minimum absolute atomic E-state index is 0.0774. The summed E-state index contributed by atoms with van der Waals surface area (Å²) < 4.78 is 1.73. The van der Waals surface area contributed by atoms with E-state index >= 15 is 0 Å². The molecular weight excluding hydrogens is 284 g/mol. The maximum atomic E-state index is 12.3. The first kappa shape index (κ1) is 14.3. The lowest BCUT2D eigenvalue weighted by molar-refractivity contribution is -0.141. The third kappa shape index (κ3) is 2.59. The number of pyridine rings is 1. The Kier molecular flexibility index (Phi) is 3.66. The number of carbonyl (C=O) groups excluding carboxylic acids is 1. The highest BCUT2D eigenvalue weighted by molar-refractivity contribution is 5.83. The lowest BCUT2D eigenvalue weighted by atomic mass is 10.1. The van der Waals surface area contributed by atoms with Crippen LogP contribution in [0.2, 0.25) is 0 Å². The molecule has 1 atom stereocenters. The van der Waals surface area contributed by atoms with Crippen LogP contribution in [0.4, 0.5) is 0 Å². The summed E-state index contributed by atoms with van der Waals surface area (Å²) in [5, 5.41) is 9.57. The Hall–Kier alpha value is -2.63. The highest BCUT2D eigenvalue weighted by Crippen LogP contribution is 2.17. The van der Waals surface area contributed by atoms with E-state index in [1.165, 1.54) is 6.07 Å². The lowest BCUT2D eigenvalue weighted by Crippen LogP contribution is -2.33. The SMILES string of the molecule is O=C(O)[C@@H]1CCN(C(=O)Cn2ccc(=O)c3ccccc32)C1. The van der Waals surface area contributed by atoms with Crippen LogP contribution in [-0.2, 0) is 16.1 Å². The van der Waals surface area contributed by atoms with Crippen LogP contribution in [0, 0.1) is 5.92 Å². The number of rotatable bonds is 3. The number of hydrogen-bond donors (Lipinski definition) is 1. The van der Waals surface area contributed by atoms with Crippen LogP contribution in [0.5, 0.6) is 0 Å². The van der Waals surface area contributed by atoms with Gasteiger partial charge in [0, 0.05) is 30.7 Å². The van der Waals surface area contributed by atoms with Gasteiger partial charge in [-0.25, -0.2) is 0 Å². The molecule has 2 aromatic rings. The molecule has 6 nitrogen and oxygen atoms in total. The number of likely N-dealkylation sites (tertiary alicyclic amines) is 1. The highest BCUT2D eigenvalue weighted by atomic mass is 16.4. The molecule has 0 spiro atoms. The van der Waals surface area contributed by atoms with Crippen molar-refractivity contribution in [2.24, 2.45) is 5.92 Å². The van der Waals surface area contributed by atoms with Gasteiger partial charge < -0.3 is 14.6 Å². The Morgan fingerprint density at radius 3 is 2.73 bits per heavy atom. The van der Waals surface area contributed by atoms with Gasteiger partial charge in [0.25, 0.3) is 0 Å². The van der Waals surface area contributed by atoms with E-state index in [-0.39, 0.29) is 24.4 Å². The van der Waals surface area contributed by atoms with E-state index in [1.54, 1.807) is 33.9 Å². The van der Waals surface area contributed by atoms with Crippen LogP contribution in [0.25, 0.3) is 10.9 Å². The highest BCUT2D eigenvalue weighted by Gasteiger charge is 2.30. The summed E-state index contributed by atoms with van der Waals surface area (Å²) in [6, 6.07) is 8.58. The predicted octanol–water partition coefficient (Wildman–Crippen LogP) is 0.935. The van der Waals surface area contributed by atoms with E-state index in [4.69, 9.17) is 5.11 Å². The van der Waals surface area contributed by atoms with Crippen molar-refractivity contribution in [3.8, 4) is 0 Å². The standard InChI is InChI=1S/C16H16N2O4/c19-14-6-8-17(13-4-2-1-3-12(13)14)10-15(20)18-7-5-11(9-18)16(21)22/h1-4,6,8,11H,5,7,9-10H2,(H,21,22)/t11-/m1/s1. The first-order valence-corrected chi connectivity index (χ1v) is 7.15. The average molecular weight is 300 g/mol. The minimum atomic E-state index is -0.857. The molecule has 2 heterocycles. The lowest BCUT2D eigenvalue weighted by Gasteiger charge is -2.18. The van der Waals surface area contributed by atoms with Crippen molar-refractivity contribution in [1.82, 2.24) is 9.47 Å². The van der Waals surface area contributed by atoms with Gasteiger partial charge in [0.1, 0.15) is 6.54 Å². The Morgan fingerprint density at radius 2 is 2.00 bits per heavy atom. The molecule has 114 valence electrons. The Morgan fingerprint density at radius 1 is 1.23 bits per heavy atom. The second-order valence-corrected chi connectivity index (χ2v) is 5.49. The number of fused-ring (bicyclic) bond motifs is 1. The molecule has 0 saturated carbocycles. The molecule has 1 aliphatic heterocycles. The van der Waals surface area contributed by atoms with Crippen molar-refractivity contribution in [1.29, 1.82) is 0 Å². The van der Waals surface area contributed by atoms with Crippen molar-refractivity contribution in [2.75, 3.05) is 13.1 Å². The van der Waals surface area contributed by atoms with E-state index in [2.05, 4.69) is 0 Å². The summed E-state index contributed by atoms with van der Waals surface area (Å²) in [7, 11) is 0. The topological polar surface area (TPSA) is 79.6 Å². The molecule has 3 rings (SSSR count). The second kappa shape index (κ2) is 5.63. The molecule has 22 heavy (non-hydrogen) atoms. The molecule has 1 aromatic heterocycles. The fraction of sp³-hybridized carbons (Fsp3) is 0.312. The number of nitrogens with zero attached hydrogens (tertiary/aromatic N) is 2. The summed E-state index contributed by atoms with van der Waals surface area (Å²) in [6.07, 6.45) is 2.10. The summed E-state index contributed by atoms with van der Waals surface area (Å²) in [5.41, 5.74) is 0.628. The van der Waals surface area contributed by atoms with E-state index in [1.807, 2.05) is 6.07 Å². The quantitative estimate of drug-likeness (QED) is 0.914. The van der Waals surface area contributed by atoms with Gasteiger partial charge in [-0.1, -0.05) is 12.1 Å². The second-order valence-electron chi connectivity index (χ2n) is 5.49. The van der Waals surface area contributed by atoms with Crippen molar-refractivity contribution in [3.05, 3.63) is 46.8 Å². The minimum Gasteiger partial charge on any atom is -0.481 e. The first-order chi connectivity index (χ1) is 10.6. The number of aliphatic carboxylic acids is 1. The molecule has 0 bridgehead atoms. The molecule has 1 aromatic carbocycles. The van der Waals surface area contributed by atoms with Gasteiger partial charge in [0.05, 0.1) is 11.4 Å². The largest absolute Gasteiger partial charge is 0.481 e.